The third kappa shape index (κ3) is 5.66. The van der Waals surface area contributed by atoms with E-state index in [2.05, 4.69) is 218 Å². The van der Waals surface area contributed by atoms with Crippen molar-refractivity contribution in [3.05, 3.63) is 289 Å². The largest absolute Gasteiger partial charge is 0.254 e. The van der Waals surface area contributed by atoms with Crippen LogP contribution in [0.5, 0.6) is 0 Å². The number of rotatable bonds is 3. The number of benzene rings is 9. The van der Waals surface area contributed by atoms with Crippen molar-refractivity contribution in [3.63, 3.8) is 0 Å². The maximum atomic E-state index is 5.53. The van der Waals surface area contributed by atoms with Crippen LogP contribution in [0.15, 0.2) is 255 Å². The minimum absolute atomic E-state index is 0.851. The van der Waals surface area contributed by atoms with Gasteiger partial charge in [0.15, 0.2) is 0 Å². The molecule has 0 saturated heterocycles. The zero-order valence-electron chi connectivity index (χ0n) is 42.9. The molecule has 0 saturated carbocycles. The van der Waals surface area contributed by atoms with Crippen molar-refractivity contribution in [3.8, 4) is 67.2 Å². The third-order valence-electron chi connectivity index (χ3n) is 17.9. The Morgan fingerprint density at radius 3 is 0.825 bits per heavy atom. The maximum Gasteiger partial charge on any atom is 0.0972 e. The summed E-state index contributed by atoms with van der Waals surface area (Å²) in [6, 6.07) is 87.4. The summed E-state index contributed by atoms with van der Waals surface area (Å²) in [6.07, 6.45) is 5.59. The summed E-state index contributed by atoms with van der Waals surface area (Å²) in [5, 5.41) is 6.36. The van der Waals surface area contributed by atoms with Crippen molar-refractivity contribution in [1.29, 1.82) is 0 Å². The SMILES string of the molecule is c1ccc2c(c1)-c1ccc(-c3ccc4ccc5cccnc5c4n3)cc1C13c4ccccc4-c4ccc(-c5ccc6ccc7cccnc7c6n5)cc4C21c1ccccc1-c1ccc(-c2ccc4ccc5cccnc5c4n2)cc13. The second-order valence-electron chi connectivity index (χ2n) is 21.6. The van der Waals surface area contributed by atoms with Crippen LogP contribution in [0.4, 0.5) is 0 Å². The van der Waals surface area contributed by atoms with E-state index in [-0.39, 0.29) is 0 Å². The quantitative estimate of drug-likeness (QED) is 0.164. The van der Waals surface area contributed by atoms with Gasteiger partial charge < -0.3 is 0 Å². The predicted molar refractivity (Wildman–Crippen MR) is 324 cm³/mol. The lowest BCUT2D eigenvalue weighted by Crippen LogP contribution is -2.58. The molecule has 0 fully saturated rings. The number of pyridine rings is 6. The van der Waals surface area contributed by atoms with E-state index >= 15 is 0 Å². The molecule has 18 rings (SSSR count). The summed E-state index contributed by atoms with van der Waals surface area (Å²) < 4.78 is 0. The van der Waals surface area contributed by atoms with Crippen molar-refractivity contribution in [2.24, 2.45) is 0 Å². The van der Waals surface area contributed by atoms with E-state index in [9.17, 15) is 0 Å². The van der Waals surface area contributed by atoms with Crippen LogP contribution in [0.3, 0.4) is 0 Å². The molecule has 3 aliphatic rings. The van der Waals surface area contributed by atoms with E-state index in [1.807, 2.05) is 36.8 Å². The molecule has 0 radical (unpaired) electrons. The van der Waals surface area contributed by atoms with Crippen LogP contribution >= 0.6 is 0 Å². The van der Waals surface area contributed by atoms with E-state index in [4.69, 9.17) is 29.9 Å². The highest BCUT2D eigenvalue weighted by Crippen LogP contribution is 2.73. The van der Waals surface area contributed by atoms with E-state index in [1.165, 1.54) is 66.8 Å². The Morgan fingerprint density at radius 2 is 0.487 bits per heavy atom. The van der Waals surface area contributed by atoms with Gasteiger partial charge in [-0.1, -0.05) is 182 Å². The summed E-state index contributed by atoms with van der Waals surface area (Å²) in [5.41, 5.74) is 24.0. The Bertz CT molecular complexity index is 5020. The lowest BCUT2D eigenvalue weighted by atomic mass is 9.38. The molecule has 0 spiro atoms. The standard InChI is InChI=1S/C74H42N6/c1-4-16-58-52(13-1)56-32-26-50(65-35-29-47-23-20-44-11-8-38-76-68(44)71(47)79-65)41-62(56)74-60-18-6-3-15-54(60)55-31-25-49(64-34-28-46-22-19-43-10-7-37-75-67(43)70(46)78-64)40-61(55)73(58,74)59-17-5-2-14-53(59)57-33-27-51(42-63(57)74)66-36-30-48-24-21-45-12-9-39-77-69(45)72(48)80-66/h1-42H. The molecule has 6 heteroatoms. The Labute approximate surface area is 459 Å². The van der Waals surface area contributed by atoms with Crippen LogP contribution in [-0.4, -0.2) is 29.9 Å². The first-order chi connectivity index (χ1) is 39.6. The number of hydrogen-bond acceptors (Lipinski definition) is 6. The highest BCUT2D eigenvalue weighted by Gasteiger charge is 2.67. The molecule has 6 nitrogen and oxygen atoms in total. The first-order valence-corrected chi connectivity index (χ1v) is 27.3. The highest BCUT2D eigenvalue weighted by molar-refractivity contribution is 6.07. The van der Waals surface area contributed by atoms with Crippen LogP contribution in [0.2, 0.25) is 0 Å². The van der Waals surface area contributed by atoms with Crippen molar-refractivity contribution in [2.75, 3.05) is 0 Å². The molecule has 6 aromatic heterocycles. The van der Waals surface area contributed by atoms with Crippen LogP contribution in [0.1, 0.15) is 33.4 Å². The fraction of sp³-hybridized carbons (Fsp3) is 0.0270. The van der Waals surface area contributed by atoms with Gasteiger partial charge in [0.2, 0.25) is 0 Å². The van der Waals surface area contributed by atoms with Crippen LogP contribution in [0.25, 0.3) is 133 Å². The van der Waals surface area contributed by atoms with Crippen molar-refractivity contribution < 1.29 is 0 Å². The highest BCUT2D eigenvalue weighted by atomic mass is 14.8. The van der Waals surface area contributed by atoms with E-state index in [0.29, 0.717) is 0 Å². The van der Waals surface area contributed by atoms with E-state index < -0.39 is 10.8 Å². The third-order valence-corrected chi connectivity index (χ3v) is 17.9. The fourth-order valence-electron chi connectivity index (χ4n) is 14.6. The Hall–Kier alpha value is -10.6. The minimum Gasteiger partial charge on any atom is -0.254 e. The molecule has 0 bridgehead atoms. The van der Waals surface area contributed by atoms with Crippen molar-refractivity contribution in [1.82, 2.24) is 29.9 Å². The molecule has 0 atom stereocenters. The van der Waals surface area contributed by atoms with E-state index in [1.54, 1.807) is 0 Å². The molecule has 15 aromatic rings. The molecule has 0 unspecified atom stereocenters. The normalized spacial score (nSPS) is 16.4. The van der Waals surface area contributed by atoms with Gasteiger partial charge in [0.25, 0.3) is 0 Å². The molecule has 368 valence electrons. The van der Waals surface area contributed by atoms with Crippen LogP contribution in [0, 0.1) is 0 Å². The molecule has 6 heterocycles. The molecular formula is C74H42N6. The maximum absolute atomic E-state index is 5.53. The van der Waals surface area contributed by atoms with Gasteiger partial charge in [-0.05, 0) is 121 Å². The lowest BCUT2D eigenvalue weighted by molar-refractivity contribution is 0.405. The Kier molecular flexibility index (Phi) is 8.71. The van der Waals surface area contributed by atoms with Gasteiger partial charge in [0.1, 0.15) is 0 Å². The van der Waals surface area contributed by atoms with E-state index in [0.717, 1.165) is 99.2 Å². The van der Waals surface area contributed by atoms with Crippen molar-refractivity contribution >= 4 is 65.4 Å². The first-order valence-electron chi connectivity index (χ1n) is 27.3. The average Bonchev–Trinajstić information content (AvgIpc) is 1.04. The summed E-state index contributed by atoms with van der Waals surface area (Å²) in [5.74, 6) is 0. The number of nitrogens with zero attached hydrogens (tertiary/aromatic N) is 6. The van der Waals surface area contributed by atoms with Gasteiger partial charge in [-0.15, -0.1) is 0 Å². The molecule has 80 heavy (non-hydrogen) atoms. The molecule has 0 N–H and O–H groups in total. The molecule has 0 aliphatic heterocycles. The molecule has 3 aliphatic carbocycles. The monoisotopic (exact) mass is 1010 g/mol. The van der Waals surface area contributed by atoms with Crippen LogP contribution < -0.4 is 0 Å². The van der Waals surface area contributed by atoms with Gasteiger partial charge in [0, 0.05) is 67.6 Å². The fourth-order valence-corrected chi connectivity index (χ4v) is 14.6. The second kappa shape index (κ2) is 16.0. The summed E-state index contributed by atoms with van der Waals surface area (Å²) >= 11 is 0. The molecule has 0 amide bonds. The predicted octanol–water partition coefficient (Wildman–Crippen LogP) is 17.3. The van der Waals surface area contributed by atoms with Gasteiger partial charge in [-0.3, -0.25) is 15.0 Å². The number of fused-ring (bicyclic) bond motifs is 18. The average molecular weight is 1020 g/mol. The topological polar surface area (TPSA) is 77.3 Å². The molecular weight excluding hydrogens is 973 g/mol. The Balaban J connectivity index is 0.992. The van der Waals surface area contributed by atoms with Gasteiger partial charge in [0.05, 0.1) is 61.0 Å². The Morgan fingerprint density at radius 1 is 0.212 bits per heavy atom. The second-order valence-corrected chi connectivity index (χ2v) is 21.6. The van der Waals surface area contributed by atoms with Gasteiger partial charge >= 0.3 is 0 Å². The zero-order valence-corrected chi connectivity index (χ0v) is 42.9. The van der Waals surface area contributed by atoms with Gasteiger partial charge in [-0.25, -0.2) is 15.0 Å². The zero-order chi connectivity index (χ0) is 52.3. The number of hydrogen-bond donors (Lipinski definition) is 0. The van der Waals surface area contributed by atoms with Crippen LogP contribution in [-0.2, 0) is 10.8 Å². The number of aromatic nitrogens is 6. The summed E-state index contributed by atoms with van der Waals surface area (Å²) in [6.45, 7) is 0. The lowest BCUT2D eigenvalue weighted by Gasteiger charge is -2.62. The summed E-state index contributed by atoms with van der Waals surface area (Å²) in [7, 11) is 0. The minimum atomic E-state index is -0.887. The summed E-state index contributed by atoms with van der Waals surface area (Å²) in [4.78, 5) is 31.2. The molecule has 9 aromatic carbocycles. The van der Waals surface area contributed by atoms with Crippen molar-refractivity contribution in [2.45, 2.75) is 10.8 Å². The first kappa shape index (κ1) is 43.5. The smallest absolute Gasteiger partial charge is 0.0972 e. The van der Waals surface area contributed by atoms with Gasteiger partial charge in [-0.2, -0.15) is 0 Å².